The summed E-state index contributed by atoms with van der Waals surface area (Å²) in [7, 11) is 0. The summed E-state index contributed by atoms with van der Waals surface area (Å²) in [6.07, 6.45) is 0. The summed E-state index contributed by atoms with van der Waals surface area (Å²) < 4.78 is 40.0. The molecule has 6 nitrogen and oxygen atoms in total. The van der Waals surface area contributed by atoms with Crippen molar-refractivity contribution in [2.75, 3.05) is 10.6 Å². The molecule has 3 aromatic rings. The van der Waals surface area contributed by atoms with Crippen LogP contribution >= 0.6 is 0 Å². The van der Waals surface area contributed by atoms with Crippen molar-refractivity contribution in [1.82, 2.24) is 4.98 Å². The largest absolute Gasteiger partial charge is 0.321 e. The minimum absolute atomic E-state index is 0.120. The van der Waals surface area contributed by atoms with Crippen LogP contribution in [0.4, 0.5) is 24.5 Å². The minimum Gasteiger partial charge on any atom is -0.321 e. The number of hydrogen-bond acceptors (Lipinski definition) is 4. The number of hydrogen-bond donors (Lipinski definition) is 2. The van der Waals surface area contributed by atoms with Crippen molar-refractivity contribution in [3.05, 3.63) is 89.0 Å². The molecule has 0 fully saturated rings. The van der Waals surface area contributed by atoms with Gasteiger partial charge in [-0.05, 0) is 42.5 Å². The van der Waals surface area contributed by atoms with Crippen LogP contribution in [0.5, 0.6) is 0 Å². The van der Waals surface area contributed by atoms with Crippen LogP contribution in [0.3, 0.4) is 0 Å². The molecule has 3 rings (SSSR count). The van der Waals surface area contributed by atoms with Crippen LogP contribution in [0.1, 0.15) is 26.5 Å². The normalized spacial score (nSPS) is 10.1. The van der Waals surface area contributed by atoms with Crippen molar-refractivity contribution in [2.24, 2.45) is 0 Å². The fourth-order valence-electron chi connectivity index (χ4n) is 2.36. The number of amides is 2. The quantitative estimate of drug-likeness (QED) is 0.655. The number of halogens is 3. The summed E-state index contributed by atoms with van der Waals surface area (Å²) in [5, 5.41) is 13.5. The maximum Gasteiger partial charge on any atom is 0.274 e. The molecule has 1 aromatic heterocycles. The minimum atomic E-state index is -1.72. The van der Waals surface area contributed by atoms with Crippen molar-refractivity contribution in [1.29, 1.82) is 5.26 Å². The Morgan fingerprint density at radius 1 is 0.862 bits per heavy atom. The molecule has 2 N–H and O–H groups in total. The smallest absolute Gasteiger partial charge is 0.274 e. The number of nitrogens with one attached hydrogen (secondary N) is 2. The molecule has 0 unspecified atom stereocenters. The second-order valence-corrected chi connectivity index (χ2v) is 5.73. The number of carbonyl (C=O) groups excluding carboxylic acids is 2. The molecule has 0 atom stereocenters. The molecule has 2 aromatic carbocycles. The van der Waals surface area contributed by atoms with Crippen LogP contribution in [-0.4, -0.2) is 16.8 Å². The summed E-state index contributed by atoms with van der Waals surface area (Å²) in [6.45, 7) is 0. The number of anilines is 2. The fraction of sp³-hybridized carbons (Fsp3) is 0. The number of nitriles is 1. The Kier molecular flexibility index (Phi) is 5.55. The van der Waals surface area contributed by atoms with Gasteiger partial charge in [0, 0.05) is 5.69 Å². The molecular weight excluding hydrogens is 385 g/mol. The van der Waals surface area contributed by atoms with Gasteiger partial charge in [0.15, 0.2) is 17.5 Å². The third kappa shape index (κ3) is 4.39. The monoisotopic (exact) mass is 396 g/mol. The molecule has 0 radical (unpaired) electrons. The van der Waals surface area contributed by atoms with Crippen molar-refractivity contribution in [3.63, 3.8) is 0 Å². The van der Waals surface area contributed by atoms with Crippen molar-refractivity contribution in [3.8, 4) is 6.07 Å². The molecule has 0 saturated carbocycles. The molecule has 144 valence electrons. The molecule has 2 amide bonds. The van der Waals surface area contributed by atoms with E-state index in [4.69, 9.17) is 5.26 Å². The average molecular weight is 396 g/mol. The lowest BCUT2D eigenvalue weighted by Gasteiger charge is -2.08. The highest BCUT2D eigenvalue weighted by molar-refractivity contribution is 6.06. The van der Waals surface area contributed by atoms with Gasteiger partial charge in [-0.15, -0.1) is 0 Å². The Morgan fingerprint density at radius 2 is 1.52 bits per heavy atom. The zero-order valence-corrected chi connectivity index (χ0v) is 14.5. The highest BCUT2D eigenvalue weighted by Gasteiger charge is 2.18. The third-order valence-electron chi connectivity index (χ3n) is 3.75. The highest BCUT2D eigenvalue weighted by atomic mass is 19.2. The molecule has 9 heteroatoms. The summed E-state index contributed by atoms with van der Waals surface area (Å²) in [6, 6.07) is 13.6. The van der Waals surface area contributed by atoms with Gasteiger partial charge in [0.1, 0.15) is 11.4 Å². The Balaban J connectivity index is 1.78. The lowest BCUT2D eigenvalue weighted by Crippen LogP contribution is -2.19. The predicted octanol–water partition coefficient (Wildman–Crippen LogP) is 3.88. The van der Waals surface area contributed by atoms with Crippen LogP contribution in [0, 0.1) is 28.8 Å². The number of nitrogens with zero attached hydrogens (tertiary/aromatic N) is 2. The van der Waals surface area contributed by atoms with Crippen LogP contribution in [0.25, 0.3) is 0 Å². The van der Waals surface area contributed by atoms with Crippen LogP contribution in [0.15, 0.2) is 54.6 Å². The van der Waals surface area contributed by atoms with E-state index < -0.39 is 35.0 Å². The van der Waals surface area contributed by atoms with Gasteiger partial charge in [-0.3, -0.25) is 9.59 Å². The molecule has 0 aliphatic rings. The van der Waals surface area contributed by atoms with Gasteiger partial charge >= 0.3 is 0 Å². The zero-order valence-electron chi connectivity index (χ0n) is 14.5. The second-order valence-electron chi connectivity index (χ2n) is 5.73. The van der Waals surface area contributed by atoms with Crippen LogP contribution in [-0.2, 0) is 0 Å². The molecule has 0 aliphatic heterocycles. The first kappa shape index (κ1) is 19.6. The lowest BCUT2D eigenvalue weighted by atomic mass is 10.2. The average Bonchev–Trinajstić information content (AvgIpc) is 2.74. The van der Waals surface area contributed by atoms with E-state index in [9.17, 15) is 22.8 Å². The van der Waals surface area contributed by atoms with Gasteiger partial charge in [0.25, 0.3) is 11.8 Å². The zero-order chi connectivity index (χ0) is 21.0. The Hall–Kier alpha value is -4.19. The molecule has 0 bridgehead atoms. The molecule has 29 heavy (non-hydrogen) atoms. The number of aromatic nitrogens is 1. The van der Waals surface area contributed by atoms with Gasteiger partial charge in [0.2, 0.25) is 0 Å². The molecule has 1 heterocycles. The number of benzene rings is 2. The van der Waals surface area contributed by atoms with E-state index >= 15 is 0 Å². The maximum atomic E-state index is 13.7. The van der Waals surface area contributed by atoms with Crippen molar-refractivity contribution in [2.45, 2.75) is 0 Å². The van der Waals surface area contributed by atoms with E-state index in [1.807, 2.05) is 6.07 Å². The predicted molar refractivity (Wildman–Crippen MR) is 97.6 cm³/mol. The van der Waals surface area contributed by atoms with E-state index in [0.717, 1.165) is 6.07 Å². The van der Waals surface area contributed by atoms with Crippen LogP contribution in [0.2, 0.25) is 0 Å². The standard InChI is InChI=1S/C20H11F3N4O2/c21-13-7-8-14(18(23)17(13)22)27-20(29)16-6-2-5-15(26-16)19(28)25-12-4-1-3-11(9-12)10-24/h1-9H,(H,25,28)(H,27,29). The first-order chi connectivity index (χ1) is 13.9. The summed E-state index contributed by atoms with van der Waals surface area (Å²) in [5.41, 5.74) is -0.232. The number of rotatable bonds is 4. The van der Waals surface area contributed by atoms with E-state index in [-0.39, 0.29) is 11.4 Å². The Labute approximate surface area is 162 Å². The van der Waals surface area contributed by atoms with Gasteiger partial charge in [-0.2, -0.15) is 5.26 Å². The first-order valence-corrected chi connectivity index (χ1v) is 8.12. The summed E-state index contributed by atoms with van der Waals surface area (Å²) in [4.78, 5) is 28.5. The SMILES string of the molecule is N#Cc1cccc(NC(=O)c2cccc(C(=O)Nc3ccc(F)c(F)c3F)n2)c1. The molecule has 0 aliphatic carbocycles. The van der Waals surface area contributed by atoms with Gasteiger partial charge in [-0.25, -0.2) is 18.2 Å². The summed E-state index contributed by atoms with van der Waals surface area (Å²) >= 11 is 0. The lowest BCUT2D eigenvalue weighted by molar-refractivity contribution is 0.101. The van der Waals surface area contributed by atoms with E-state index in [1.54, 1.807) is 18.2 Å². The Bertz CT molecular complexity index is 1160. The van der Waals surface area contributed by atoms with Crippen molar-refractivity contribution >= 4 is 23.2 Å². The van der Waals surface area contributed by atoms with E-state index in [0.29, 0.717) is 17.3 Å². The fourth-order valence-corrected chi connectivity index (χ4v) is 2.36. The maximum absolute atomic E-state index is 13.7. The summed E-state index contributed by atoms with van der Waals surface area (Å²) in [5.74, 6) is -6.23. The van der Waals surface area contributed by atoms with E-state index in [1.165, 1.54) is 24.3 Å². The molecular formula is C20H11F3N4O2. The van der Waals surface area contributed by atoms with Gasteiger partial charge < -0.3 is 10.6 Å². The van der Waals surface area contributed by atoms with E-state index in [2.05, 4.69) is 15.6 Å². The third-order valence-corrected chi connectivity index (χ3v) is 3.75. The topological polar surface area (TPSA) is 94.9 Å². The number of pyridine rings is 1. The van der Waals surface area contributed by atoms with Gasteiger partial charge in [0.05, 0.1) is 17.3 Å². The molecule has 0 saturated heterocycles. The molecule has 0 spiro atoms. The Morgan fingerprint density at radius 3 is 2.21 bits per heavy atom. The van der Waals surface area contributed by atoms with Crippen molar-refractivity contribution < 1.29 is 22.8 Å². The van der Waals surface area contributed by atoms with Gasteiger partial charge in [-0.1, -0.05) is 12.1 Å². The van der Waals surface area contributed by atoms with Crippen LogP contribution < -0.4 is 10.6 Å². The first-order valence-electron chi connectivity index (χ1n) is 8.12. The highest BCUT2D eigenvalue weighted by Crippen LogP contribution is 2.20. The second kappa shape index (κ2) is 8.22. The number of carbonyl (C=O) groups is 2.